The first-order chi connectivity index (χ1) is 10.7. The predicted molar refractivity (Wildman–Crippen MR) is 80.8 cm³/mol. The normalized spacial score (nSPS) is 10.2. The van der Waals surface area contributed by atoms with Gasteiger partial charge in [-0.1, -0.05) is 18.2 Å². The van der Waals surface area contributed by atoms with Crippen LogP contribution in [0.15, 0.2) is 54.6 Å². The number of rotatable bonds is 2. The molecule has 0 atom stereocenters. The minimum absolute atomic E-state index is 0.190. The maximum absolute atomic E-state index is 12.9. The maximum Gasteiger partial charge on any atom is 0.256 e. The molecule has 0 aliphatic rings. The first-order valence-corrected chi connectivity index (χ1v) is 6.54. The highest BCUT2D eigenvalue weighted by Crippen LogP contribution is 2.20. The van der Waals surface area contributed by atoms with E-state index >= 15 is 0 Å². The molecule has 1 N–H and O–H groups in total. The lowest BCUT2D eigenvalue weighted by molar-refractivity contribution is 0.102. The number of benzene rings is 2. The number of halogens is 1. The van der Waals surface area contributed by atoms with Gasteiger partial charge in [-0.05, 0) is 36.4 Å². The molecule has 4 nitrogen and oxygen atoms in total. The summed E-state index contributed by atoms with van der Waals surface area (Å²) in [5, 5.41) is 12.6. The van der Waals surface area contributed by atoms with Gasteiger partial charge in [0.15, 0.2) is 5.82 Å². The number of nitrogens with one attached hydrogen (secondary N) is 1. The molecule has 0 radical (unpaired) electrons. The molecular formula is C17H10FN3O. The van der Waals surface area contributed by atoms with E-state index in [1.807, 2.05) is 24.3 Å². The summed E-state index contributed by atoms with van der Waals surface area (Å²) in [5.74, 6) is -0.673. The van der Waals surface area contributed by atoms with Crippen molar-refractivity contribution < 1.29 is 9.18 Å². The third kappa shape index (κ3) is 2.63. The van der Waals surface area contributed by atoms with Gasteiger partial charge in [-0.3, -0.25) is 4.79 Å². The summed E-state index contributed by atoms with van der Waals surface area (Å²) in [6, 6.07) is 16.1. The molecule has 0 saturated carbocycles. The van der Waals surface area contributed by atoms with Crippen molar-refractivity contribution >= 4 is 22.6 Å². The Morgan fingerprint density at radius 2 is 1.86 bits per heavy atom. The van der Waals surface area contributed by atoms with Gasteiger partial charge in [-0.15, -0.1) is 0 Å². The van der Waals surface area contributed by atoms with E-state index in [0.29, 0.717) is 11.1 Å². The minimum atomic E-state index is -0.445. The average molecular weight is 291 g/mol. The molecule has 5 heteroatoms. The first kappa shape index (κ1) is 13.7. The molecule has 0 bridgehead atoms. The zero-order valence-electron chi connectivity index (χ0n) is 11.4. The van der Waals surface area contributed by atoms with Crippen LogP contribution in [0.1, 0.15) is 15.9 Å². The zero-order valence-corrected chi connectivity index (χ0v) is 11.4. The van der Waals surface area contributed by atoms with Crippen molar-refractivity contribution in [3.05, 3.63) is 71.5 Å². The molecule has 0 saturated heterocycles. The third-order valence-corrected chi connectivity index (χ3v) is 3.18. The van der Waals surface area contributed by atoms with Gasteiger partial charge in [0.25, 0.3) is 5.91 Å². The number of fused-ring (bicyclic) bond motifs is 1. The van der Waals surface area contributed by atoms with Crippen molar-refractivity contribution in [2.24, 2.45) is 0 Å². The standard InChI is InChI=1S/C17H10FN3O/c18-14-7-5-11(6-8-14)17(22)21-16-13(10-19)9-12-3-1-2-4-15(12)20-16/h1-9H,(H,20,21,22). The fraction of sp³-hybridized carbons (Fsp3) is 0. The Kier molecular flexibility index (Phi) is 3.50. The summed E-state index contributed by atoms with van der Waals surface area (Å²) in [5.41, 5.74) is 1.24. The molecule has 3 aromatic rings. The van der Waals surface area contributed by atoms with Gasteiger partial charge >= 0.3 is 0 Å². The number of hydrogen-bond acceptors (Lipinski definition) is 3. The third-order valence-electron chi connectivity index (χ3n) is 3.18. The van der Waals surface area contributed by atoms with E-state index in [1.165, 1.54) is 24.3 Å². The van der Waals surface area contributed by atoms with Crippen LogP contribution in [0, 0.1) is 17.1 Å². The van der Waals surface area contributed by atoms with Gasteiger partial charge in [-0.2, -0.15) is 5.26 Å². The fourth-order valence-corrected chi connectivity index (χ4v) is 2.08. The number of anilines is 1. The summed E-state index contributed by atoms with van der Waals surface area (Å²) in [6.45, 7) is 0. The van der Waals surface area contributed by atoms with E-state index in [-0.39, 0.29) is 11.4 Å². The van der Waals surface area contributed by atoms with E-state index in [2.05, 4.69) is 10.3 Å². The molecule has 22 heavy (non-hydrogen) atoms. The number of carbonyl (C=O) groups excluding carboxylic acids is 1. The molecule has 0 aliphatic heterocycles. The molecule has 106 valence electrons. The number of nitrogens with zero attached hydrogens (tertiary/aromatic N) is 2. The molecule has 1 amide bonds. The van der Waals surface area contributed by atoms with Gasteiger partial charge < -0.3 is 5.32 Å². The van der Waals surface area contributed by atoms with Crippen LogP contribution in [-0.4, -0.2) is 10.9 Å². The molecule has 1 heterocycles. The lowest BCUT2D eigenvalue weighted by atomic mass is 10.1. The quantitative estimate of drug-likeness (QED) is 0.786. The average Bonchev–Trinajstić information content (AvgIpc) is 2.54. The fourth-order valence-electron chi connectivity index (χ4n) is 2.08. The number of amides is 1. The largest absolute Gasteiger partial charge is 0.305 e. The van der Waals surface area contributed by atoms with Gasteiger partial charge in [0.05, 0.1) is 11.1 Å². The summed E-state index contributed by atoms with van der Waals surface area (Å²) in [6.07, 6.45) is 0. The van der Waals surface area contributed by atoms with Crippen LogP contribution in [0.5, 0.6) is 0 Å². The second-order valence-electron chi connectivity index (χ2n) is 4.65. The van der Waals surface area contributed by atoms with Crippen LogP contribution < -0.4 is 5.32 Å². The number of pyridine rings is 1. The minimum Gasteiger partial charge on any atom is -0.305 e. The van der Waals surface area contributed by atoms with Crippen molar-refractivity contribution in [2.75, 3.05) is 5.32 Å². The van der Waals surface area contributed by atoms with E-state index in [9.17, 15) is 14.4 Å². The number of para-hydroxylation sites is 1. The van der Waals surface area contributed by atoms with Crippen LogP contribution in [-0.2, 0) is 0 Å². The van der Waals surface area contributed by atoms with Crippen molar-refractivity contribution in [2.45, 2.75) is 0 Å². The molecule has 0 unspecified atom stereocenters. The Balaban J connectivity index is 1.97. The van der Waals surface area contributed by atoms with E-state index in [0.717, 1.165) is 5.39 Å². The maximum atomic E-state index is 12.9. The first-order valence-electron chi connectivity index (χ1n) is 6.54. The molecule has 1 aromatic heterocycles. The number of hydrogen-bond donors (Lipinski definition) is 1. The van der Waals surface area contributed by atoms with Crippen LogP contribution >= 0.6 is 0 Å². The number of aromatic nitrogens is 1. The Morgan fingerprint density at radius 1 is 1.14 bits per heavy atom. The molecule has 3 rings (SSSR count). The summed E-state index contributed by atoms with van der Waals surface area (Å²) < 4.78 is 12.9. The molecule has 0 spiro atoms. The lowest BCUT2D eigenvalue weighted by Gasteiger charge is -2.08. The highest BCUT2D eigenvalue weighted by atomic mass is 19.1. The van der Waals surface area contributed by atoms with Crippen LogP contribution in [0.4, 0.5) is 10.2 Å². The van der Waals surface area contributed by atoms with Crippen molar-refractivity contribution in [3.63, 3.8) is 0 Å². The molecule has 0 aliphatic carbocycles. The van der Waals surface area contributed by atoms with Crippen molar-refractivity contribution in [3.8, 4) is 6.07 Å². The van der Waals surface area contributed by atoms with Crippen LogP contribution in [0.25, 0.3) is 10.9 Å². The van der Waals surface area contributed by atoms with Crippen molar-refractivity contribution in [1.29, 1.82) is 5.26 Å². The van der Waals surface area contributed by atoms with Crippen molar-refractivity contribution in [1.82, 2.24) is 4.98 Å². The summed E-state index contributed by atoms with van der Waals surface area (Å²) >= 11 is 0. The highest BCUT2D eigenvalue weighted by molar-refractivity contribution is 6.04. The second kappa shape index (κ2) is 5.62. The zero-order chi connectivity index (χ0) is 15.5. The van der Waals surface area contributed by atoms with Crippen LogP contribution in [0.3, 0.4) is 0 Å². The Hall–Kier alpha value is -3.26. The smallest absolute Gasteiger partial charge is 0.256 e. The van der Waals surface area contributed by atoms with Crippen LogP contribution in [0.2, 0.25) is 0 Å². The van der Waals surface area contributed by atoms with Gasteiger partial charge in [-0.25, -0.2) is 9.37 Å². The lowest BCUT2D eigenvalue weighted by Crippen LogP contribution is -2.14. The second-order valence-corrected chi connectivity index (χ2v) is 4.65. The molecule has 2 aromatic carbocycles. The monoisotopic (exact) mass is 291 g/mol. The summed E-state index contributed by atoms with van der Waals surface area (Å²) in [7, 11) is 0. The number of nitriles is 1. The Bertz CT molecular complexity index is 898. The summed E-state index contributed by atoms with van der Waals surface area (Å²) in [4.78, 5) is 16.4. The van der Waals surface area contributed by atoms with E-state index < -0.39 is 11.7 Å². The van der Waals surface area contributed by atoms with E-state index in [4.69, 9.17) is 0 Å². The Labute approximate surface area is 125 Å². The van der Waals surface area contributed by atoms with Gasteiger partial charge in [0, 0.05) is 10.9 Å². The number of carbonyl (C=O) groups is 1. The highest BCUT2D eigenvalue weighted by Gasteiger charge is 2.12. The van der Waals surface area contributed by atoms with E-state index in [1.54, 1.807) is 12.1 Å². The topological polar surface area (TPSA) is 65.8 Å². The van der Waals surface area contributed by atoms with Gasteiger partial charge in [0.1, 0.15) is 11.9 Å². The SMILES string of the molecule is N#Cc1cc2ccccc2nc1NC(=O)c1ccc(F)cc1. The molecular weight excluding hydrogens is 281 g/mol. The van der Waals surface area contributed by atoms with Gasteiger partial charge in [0.2, 0.25) is 0 Å². The predicted octanol–water partition coefficient (Wildman–Crippen LogP) is 3.50. The molecule has 0 fully saturated rings. The Morgan fingerprint density at radius 3 is 2.59 bits per heavy atom.